The van der Waals surface area contributed by atoms with Gasteiger partial charge in [-0.2, -0.15) is 13.2 Å². The molecule has 0 bridgehead atoms. The Kier molecular flexibility index (Phi) is 8.98. The van der Waals surface area contributed by atoms with E-state index in [1.807, 2.05) is 0 Å². The van der Waals surface area contributed by atoms with Crippen LogP contribution in [0.1, 0.15) is 42.3 Å². The number of halogens is 3. The van der Waals surface area contributed by atoms with Crippen molar-refractivity contribution in [1.29, 1.82) is 0 Å². The quantitative estimate of drug-likeness (QED) is 0.291. The van der Waals surface area contributed by atoms with Crippen molar-refractivity contribution in [2.75, 3.05) is 6.61 Å². The minimum Gasteiger partial charge on any atom is -0.456 e. The number of benzene rings is 2. The van der Waals surface area contributed by atoms with E-state index in [9.17, 15) is 32.3 Å². The van der Waals surface area contributed by atoms with Gasteiger partial charge in [-0.3, -0.25) is 19.2 Å². The van der Waals surface area contributed by atoms with Gasteiger partial charge in [0.15, 0.2) is 24.1 Å². The molecule has 1 aliphatic rings. The number of thioether (sulfide) groups is 1. The summed E-state index contributed by atoms with van der Waals surface area (Å²) in [5, 5.41) is 0. The monoisotopic (exact) mass is 540 g/mol. The zero-order valence-corrected chi connectivity index (χ0v) is 20.8. The zero-order chi connectivity index (χ0) is 27.3. The van der Waals surface area contributed by atoms with Crippen LogP contribution in [0.4, 0.5) is 13.2 Å². The van der Waals surface area contributed by atoms with E-state index >= 15 is 0 Å². The summed E-state index contributed by atoms with van der Waals surface area (Å²) in [6.07, 6.45) is -7.72. The fourth-order valence-corrected chi connectivity index (χ4v) is 4.66. The molecule has 198 valence electrons. The summed E-state index contributed by atoms with van der Waals surface area (Å²) >= 11 is 1.12. The Balaban J connectivity index is 1.77. The van der Waals surface area contributed by atoms with Gasteiger partial charge in [0.2, 0.25) is 0 Å². The van der Waals surface area contributed by atoms with E-state index in [-0.39, 0.29) is 17.7 Å². The van der Waals surface area contributed by atoms with Crippen molar-refractivity contribution >= 4 is 35.5 Å². The molecule has 0 amide bonds. The number of hydrogen-bond acceptors (Lipinski definition) is 9. The average Bonchev–Trinajstić information content (AvgIpc) is 2.81. The van der Waals surface area contributed by atoms with Crippen LogP contribution in [0, 0.1) is 0 Å². The predicted molar refractivity (Wildman–Crippen MR) is 124 cm³/mol. The van der Waals surface area contributed by atoms with Crippen LogP contribution in [0.15, 0.2) is 53.4 Å². The van der Waals surface area contributed by atoms with Crippen LogP contribution in [0.3, 0.4) is 0 Å². The molecule has 0 radical (unpaired) electrons. The fourth-order valence-electron chi connectivity index (χ4n) is 3.61. The molecule has 0 spiro atoms. The van der Waals surface area contributed by atoms with Crippen molar-refractivity contribution in [2.45, 2.75) is 55.6 Å². The second kappa shape index (κ2) is 11.8. The van der Waals surface area contributed by atoms with Gasteiger partial charge in [-0.15, -0.1) is 0 Å². The molecule has 12 heteroatoms. The van der Waals surface area contributed by atoms with Crippen LogP contribution in [-0.4, -0.2) is 54.0 Å². The Morgan fingerprint density at radius 2 is 1.27 bits per heavy atom. The van der Waals surface area contributed by atoms with Gasteiger partial charge in [-0.05, 0) is 36.4 Å². The van der Waals surface area contributed by atoms with E-state index in [2.05, 4.69) is 0 Å². The topological polar surface area (TPSA) is 105 Å². The molecule has 1 aliphatic heterocycles. The summed E-state index contributed by atoms with van der Waals surface area (Å²) in [6, 6.07) is 10.1. The maximum absolute atomic E-state index is 12.8. The van der Waals surface area contributed by atoms with Crippen molar-refractivity contribution < 1.29 is 51.3 Å². The minimum atomic E-state index is -4.50. The van der Waals surface area contributed by atoms with Crippen molar-refractivity contribution in [3.05, 3.63) is 65.2 Å². The fraction of sp³-hybridized carbons (Fsp3) is 0.360. The highest BCUT2D eigenvalue weighted by atomic mass is 32.2. The number of carbonyl (C=O) groups excluding carboxylic acids is 4. The summed E-state index contributed by atoms with van der Waals surface area (Å²) in [5.74, 6) is -2.43. The lowest BCUT2D eigenvalue weighted by Gasteiger charge is -2.40. The molecule has 3 rings (SSSR count). The Morgan fingerprint density at radius 1 is 0.784 bits per heavy atom. The number of esters is 3. The highest BCUT2D eigenvalue weighted by Gasteiger charge is 2.47. The molecule has 2 aromatic rings. The SMILES string of the molecule is CC(=O)O[C@@H]1[C@@H](OC(C)=O)[C@H](OC(C)=O)CO[C@@H]1Sc1ccc(C(=O)c2ccc(C(F)(F)F)cc2)cc1. The van der Waals surface area contributed by atoms with E-state index in [4.69, 9.17) is 18.9 Å². The van der Waals surface area contributed by atoms with E-state index in [0.717, 1.165) is 36.0 Å². The number of carbonyl (C=O) groups is 4. The minimum absolute atomic E-state index is 0.0969. The molecule has 0 aromatic heterocycles. The zero-order valence-electron chi connectivity index (χ0n) is 19.9. The summed E-state index contributed by atoms with van der Waals surface area (Å²) in [5.41, 5.74) is -1.36. The number of ether oxygens (including phenoxy) is 4. The van der Waals surface area contributed by atoms with Crippen LogP contribution in [0.25, 0.3) is 0 Å². The van der Waals surface area contributed by atoms with E-state index < -0.39 is 59.2 Å². The molecule has 0 aliphatic carbocycles. The number of rotatable bonds is 7. The average molecular weight is 541 g/mol. The van der Waals surface area contributed by atoms with Gasteiger partial charge in [-0.1, -0.05) is 23.9 Å². The predicted octanol–water partition coefficient (Wildman–Crippen LogP) is 4.18. The van der Waals surface area contributed by atoms with Crippen LogP contribution >= 0.6 is 11.8 Å². The lowest BCUT2D eigenvalue weighted by Crippen LogP contribution is -2.56. The molecular formula is C25H23F3O8S. The van der Waals surface area contributed by atoms with E-state index in [1.54, 1.807) is 12.1 Å². The smallest absolute Gasteiger partial charge is 0.416 e. The first-order valence-corrected chi connectivity index (χ1v) is 11.8. The van der Waals surface area contributed by atoms with Gasteiger partial charge in [-0.25, -0.2) is 0 Å². The second-order valence-corrected chi connectivity index (χ2v) is 9.22. The van der Waals surface area contributed by atoms with Gasteiger partial charge in [0.25, 0.3) is 0 Å². The standard InChI is InChI=1S/C25H23F3O8S/c1-13(29)34-20-12-33-24(23(36-15(3)31)22(20)35-14(2)30)37-19-10-6-17(7-11-19)21(32)16-4-8-18(9-5-16)25(26,27)28/h4-11,20,22-24H,12H2,1-3H3/t20-,22+,23-,24-/m1/s1. The van der Waals surface area contributed by atoms with Crippen LogP contribution < -0.4 is 0 Å². The molecule has 8 nitrogen and oxygen atoms in total. The lowest BCUT2D eigenvalue weighted by atomic mass is 10.0. The number of alkyl halides is 3. The third-order valence-electron chi connectivity index (χ3n) is 5.15. The second-order valence-electron chi connectivity index (χ2n) is 8.04. The van der Waals surface area contributed by atoms with Crippen molar-refractivity contribution in [3.63, 3.8) is 0 Å². The van der Waals surface area contributed by atoms with E-state index in [0.29, 0.717) is 4.90 Å². The molecule has 0 saturated carbocycles. The Bertz CT molecular complexity index is 1150. The van der Waals surface area contributed by atoms with Crippen LogP contribution in [0.5, 0.6) is 0 Å². The maximum atomic E-state index is 12.8. The Labute approximate surface area is 214 Å². The van der Waals surface area contributed by atoms with Crippen LogP contribution in [-0.2, 0) is 39.5 Å². The molecular weight excluding hydrogens is 517 g/mol. The highest BCUT2D eigenvalue weighted by Crippen LogP contribution is 2.35. The summed E-state index contributed by atoms with van der Waals surface area (Å²) in [6.45, 7) is 3.39. The third-order valence-corrected chi connectivity index (χ3v) is 6.33. The maximum Gasteiger partial charge on any atom is 0.416 e. The third kappa shape index (κ3) is 7.56. The van der Waals surface area contributed by atoms with Crippen molar-refractivity contribution in [3.8, 4) is 0 Å². The summed E-state index contributed by atoms with van der Waals surface area (Å²) < 4.78 is 59.9. The summed E-state index contributed by atoms with van der Waals surface area (Å²) in [7, 11) is 0. The van der Waals surface area contributed by atoms with E-state index in [1.165, 1.54) is 32.9 Å². The molecule has 1 heterocycles. The first-order chi connectivity index (χ1) is 17.3. The Hall–Kier alpha value is -3.38. The molecule has 0 N–H and O–H groups in total. The van der Waals surface area contributed by atoms with Gasteiger partial charge in [0, 0.05) is 36.8 Å². The number of hydrogen-bond donors (Lipinski definition) is 0. The van der Waals surface area contributed by atoms with Crippen molar-refractivity contribution in [2.24, 2.45) is 0 Å². The molecule has 4 atom stereocenters. The molecule has 2 aromatic carbocycles. The summed E-state index contributed by atoms with van der Waals surface area (Å²) in [4.78, 5) is 48.2. The van der Waals surface area contributed by atoms with Gasteiger partial charge in [0.1, 0.15) is 5.44 Å². The molecule has 0 unspecified atom stereocenters. The first-order valence-electron chi connectivity index (χ1n) is 11.0. The lowest BCUT2D eigenvalue weighted by molar-refractivity contribution is -0.213. The largest absolute Gasteiger partial charge is 0.456 e. The number of ketones is 1. The normalized spacial score (nSPS) is 21.6. The first kappa shape index (κ1) is 28.2. The highest BCUT2D eigenvalue weighted by molar-refractivity contribution is 7.99. The van der Waals surface area contributed by atoms with Gasteiger partial charge in [0.05, 0.1) is 12.2 Å². The molecule has 37 heavy (non-hydrogen) atoms. The van der Waals surface area contributed by atoms with Crippen LogP contribution in [0.2, 0.25) is 0 Å². The van der Waals surface area contributed by atoms with Crippen molar-refractivity contribution in [1.82, 2.24) is 0 Å². The molecule has 1 saturated heterocycles. The molecule has 1 fully saturated rings. The Morgan fingerprint density at radius 3 is 1.76 bits per heavy atom. The van der Waals surface area contributed by atoms with Gasteiger partial charge < -0.3 is 18.9 Å². The van der Waals surface area contributed by atoms with Gasteiger partial charge >= 0.3 is 24.1 Å².